The Kier molecular flexibility index (Phi) is 3.42. The molecule has 0 bridgehead atoms. The minimum absolute atomic E-state index is 0.509. The summed E-state index contributed by atoms with van der Waals surface area (Å²) in [6.07, 6.45) is 0. The zero-order chi connectivity index (χ0) is 15.3. The molecule has 0 fully saturated rings. The highest BCUT2D eigenvalue weighted by molar-refractivity contribution is 9.10. The highest BCUT2D eigenvalue weighted by Gasteiger charge is 2.18. The van der Waals surface area contributed by atoms with Crippen LogP contribution in [0, 0.1) is 20.8 Å². The first-order valence-electron chi connectivity index (χ1n) is 6.47. The molecule has 0 saturated carbocycles. The molecule has 3 rings (SSSR count). The van der Waals surface area contributed by atoms with Crippen LogP contribution >= 0.6 is 27.5 Å². The second-order valence-electron chi connectivity index (χ2n) is 5.00. The van der Waals surface area contributed by atoms with Crippen LogP contribution in [-0.2, 0) is 0 Å². The zero-order valence-electron chi connectivity index (χ0n) is 11.9. The lowest BCUT2D eigenvalue weighted by molar-refractivity contribution is 0.991. The normalized spacial score (nSPS) is 11.3. The second kappa shape index (κ2) is 5.00. The molecule has 21 heavy (non-hydrogen) atoms. The van der Waals surface area contributed by atoms with Gasteiger partial charge in [0.15, 0.2) is 5.65 Å². The van der Waals surface area contributed by atoms with Crippen molar-refractivity contribution in [3.8, 4) is 5.69 Å². The summed E-state index contributed by atoms with van der Waals surface area (Å²) in [5.74, 6) is 1.16. The number of benzene rings is 1. The summed E-state index contributed by atoms with van der Waals surface area (Å²) in [5.41, 5.74) is 9.98. The number of fused-ring (bicyclic) bond motifs is 1. The SMILES string of the molecule is Cc1nc(N)c2c(C)c(C)n(-c3cc(Cl)ccc3Br)c2n1. The van der Waals surface area contributed by atoms with E-state index in [9.17, 15) is 0 Å². The van der Waals surface area contributed by atoms with Gasteiger partial charge in [0, 0.05) is 15.2 Å². The third-order valence-electron chi connectivity index (χ3n) is 3.64. The van der Waals surface area contributed by atoms with E-state index >= 15 is 0 Å². The van der Waals surface area contributed by atoms with E-state index in [0.717, 1.165) is 32.5 Å². The predicted octanol–water partition coefficient (Wildman–Crippen LogP) is 4.34. The molecular weight excluding hydrogens is 352 g/mol. The summed E-state index contributed by atoms with van der Waals surface area (Å²) in [4.78, 5) is 8.84. The molecule has 6 heteroatoms. The van der Waals surface area contributed by atoms with Gasteiger partial charge in [-0.3, -0.25) is 4.57 Å². The Morgan fingerprint density at radius 1 is 1.19 bits per heavy atom. The van der Waals surface area contributed by atoms with Gasteiger partial charge in [0.05, 0.1) is 11.1 Å². The van der Waals surface area contributed by atoms with Crippen LogP contribution in [0.5, 0.6) is 0 Å². The molecule has 0 amide bonds. The van der Waals surface area contributed by atoms with Gasteiger partial charge in [0.2, 0.25) is 0 Å². The van der Waals surface area contributed by atoms with E-state index in [1.54, 1.807) is 0 Å². The molecule has 0 atom stereocenters. The molecule has 0 unspecified atom stereocenters. The molecule has 108 valence electrons. The van der Waals surface area contributed by atoms with Crippen molar-refractivity contribution in [2.24, 2.45) is 0 Å². The number of nitrogen functional groups attached to an aromatic ring is 1. The van der Waals surface area contributed by atoms with Gasteiger partial charge in [-0.1, -0.05) is 11.6 Å². The molecule has 3 aromatic rings. The van der Waals surface area contributed by atoms with Crippen molar-refractivity contribution in [2.45, 2.75) is 20.8 Å². The smallest absolute Gasteiger partial charge is 0.150 e. The van der Waals surface area contributed by atoms with Crippen LogP contribution in [0.25, 0.3) is 16.7 Å². The standard InChI is InChI=1S/C15H14BrClN4/c1-7-8(2)21(12-6-10(17)4-5-11(12)16)15-13(7)14(18)19-9(3)20-15/h4-6H,1-3H3,(H2,18,19,20). The van der Waals surface area contributed by atoms with Crippen molar-refractivity contribution in [3.63, 3.8) is 0 Å². The fraction of sp³-hybridized carbons (Fsp3) is 0.200. The number of anilines is 1. The molecule has 0 saturated heterocycles. The highest BCUT2D eigenvalue weighted by Crippen LogP contribution is 2.34. The first-order valence-corrected chi connectivity index (χ1v) is 7.64. The summed E-state index contributed by atoms with van der Waals surface area (Å²) in [6.45, 7) is 5.91. The van der Waals surface area contributed by atoms with E-state index in [1.165, 1.54) is 0 Å². The van der Waals surface area contributed by atoms with Gasteiger partial charge in [0.25, 0.3) is 0 Å². The van der Waals surface area contributed by atoms with Crippen molar-refractivity contribution < 1.29 is 0 Å². The minimum Gasteiger partial charge on any atom is -0.383 e. The third kappa shape index (κ3) is 2.21. The van der Waals surface area contributed by atoms with Crippen molar-refractivity contribution in [2.75, 3.05) is 5.73 Å². The average molecular weight is 366 g/mol. The number of nitrogens with zero attached hydrogens (tertiary/aromatic N) is 3. The van der Waals surface area contributed by atoms with Gasteiger partial charge in [0.1, 0.15) is 11.6 Å². The maximum Gasteiger partial charge on any atom is 0.150 e. The van der Waals surface area contributed by atoms with Crippen LogP contribution < -0.4 is 5.73 Å². The Bertz CT molecular complexity index is 870. The van der Waals surface area contributed by atoms with Crippen molar-refractivity contribution in [1.82, 2.24) is 14.5 Å². The third-order valence-corrected chi connectivity index (χ3v) is 4.55. The van der Waals surface area contributed by atoms with E-state index in [2.05, 4.69) is 30.5 Å². The Hall–Kier alpha value is -1.59. The van der Waals surface area contributed by atoms with Crippen LogP contribution in [0.3, 0.4) is 0 Å². The number of halogens is 2. The Morgan fingerprint density at radius 3 is 2.62 bits per heavy atom. The van der Waals surface area contributed by atoms with Crippen LogP contribution in [-0.4, -0.2) is 14.5 Å². The van der Waals surface area contributed by atoms with E-state index in [0.29, 0.717) is 16.7 Å². The first-order chi connectivity index (χ1) is 9.90. The van der Waals surface area contributed by atoms with Gasteiger partial charge in [-0.05, 0) is 60.5 Å². The van der Waals surface area contributed by atoms with Gasteiger partial charge in [-0.2, -0.15) is 0 Å². The van der Waals surface area contributed by atoms with Crippen molar-refractivity contribution in [3.05, 3.63) is 44.8 Å². The Morgan fingerprint density at radius 2 is 1.90 bits per heavy atom. The molecule has 0 radical (unpaired) electrons. The van der Waals surface area contributed by atoms with E-state index < -0.39 is 0 Å². The highest BCUT2D eigenvalue weighted by atomic mass is 79.9. The largest absolute Gasteiger partial charge is 0.383 e. The van der Waals surface area contributed by atoms with Crippen LogP contribution in [0.2, 0.25) is 5.02 Å². The van der Waals surface area contributed by atoms with Crippen molar-refractivity contribution in [1.29, 1.82) is 0 Å². The number of rotatable bonds is 1. The number of aromatic nitrogens is 3. The Balaban J connectivity index is 2.48. The maximum atomic E-state index is 6.15. The van der Waals surface area contributed by atoms with Crippen LogP contribution in [0.15, 0.2) is 22.7 Å². The summed E-state index contributed by atoms with van der Waals surface area (Å²) in [6, 6.07) is 5.68. The Labute approximate surface area is 136 Å². The lowest BCUT2D eigenvalue weighted by atomic mass is 10.2. The van der Waals surface area contributed by atoms with E-state index in [-0.39, 0.29) is 0 Å². The fourth-order valence-electron chi connectivity index (χ4n) is 2.56. The summed E-state index contributed by atoms with van der Waals surface area (Å²) >= 11 is 9.73. The average Bonchev–Trinajstić information content (AvgIpc) is 2.65. The van der Waals surface area contributed by atoms with E-state index in [4.69, 9.17) is 17.3 Å². The van der Waals surface area contributed by atoms with Crippen LogP contribution in [0.4, 0.5) is 5.82 Å². The molecular formula is C15H14BrClN4. The molecule has 0 aliphatic carbocycles. The number of hydrogen-bond acceptors (Lipinski definition) is 3. The quantitative estimate of drug-likeness (QED) is 0.697. The molecule has 0 spiro atoms. The summed E-state index contributed by atoms with van der Waals surface area (Å²) in [5, 5.41) is 1.57. The van der Waals surface area contributed by atoms with Crippen molar-refractivity contribution >= 4 is 44.4 Å². The predicted molar refractivity (Wildman–Crippen MR) is 90.2 cm³/mol. The topological polar surface area (TPSA) is 56.7 Å². The molecule has 1 aromatic carbocycles. The van der Waals surface area contributed by atoms with E-state index in [1.807, 2.05) is 39.0 Å². The number of aryl methyl sites for hydroxylation is 2. The summed E-state index contributed by atoms with van der Waals surface area (Å²) < 4.78 is 3.01. The zero-order valence-corrected chi connectivity index (χ0v) is 14.2. The molecule has 0 aliphatic rings. The lowest BCUT2D eigenvalue weighted by Crippen LogP contribution is -2.02. The van der Waals surface area contributed by atoms with Gasteiger partial charge < -0.3 is 5.73 Å². The number of hydrogen-bond donors (Lipinski definition) is 1. The van der Waals surface area contributed by atoms with Gasteiger partial charge in [-0.15, -0.1) is 0 Å². The number of nitrogens with two attached hydrogens (primary N) is 1. The van der Waals surface area contributed by atoms with Gasteiger partial charge >= 0.3 is 0 Å². The second-order valence-corrected chi connectivity index (χ2v) is 6.29. The van der Waals surface area contributed by atoms with Gasteiger partial charge in [-0.25, -0.2) is 9.97 Å². The molecule has 2 heterocycles. The van der Waals surface area contributed by atoms with Crippen LogP contribution in [0.1, 0.15) is 17.1 Å². The maximum absolute atomic E-state index is 6.15. The minimum atomic E-state index is 0.509. The molecule has 4 nitrogen and oxygen atoms in total. The molecule has 2 N–H and O–H groups in total. The fourth-order valence-corrected chi connectivity index (χ4v) is 3.15. The monoisotopic (exact) mass is 364 g/mol. The molecule has 2 aromatic heterocycles. The molecule has 0 aliphatic heterocycles. The summed E-state index contributed by atoms with van der Waals surface area (Å²) in [7, 11) is 0. The first kappa shape index (κ1) is 14.4. The lowest BCUT2D eigenvalue weighted by Gasteiger charge is -2.11.